The van der Waals surface area contributed by atoms with E-state index in [2.05, 4.69) is 39.4 Å². The molecule has 0 saturated heterocycles. The fraction of sp³-hybridized carbons (Fsp3) is 0.538. The fourth-order valence-electron chi connectivity index (χ4n) is 2.00. The van der Waals surface area contributed by atoms with Crippen molar-refractivity contribution in [2.45, 2.75) is 31.7 Å². The summed E-state index contributed by atoms with van der Waals surface area (Å²) in [6.07, 6.45) is 0. The molecule has 1 unspecified atom stereocenters. The number of likely N-dealkylation sites (N-methyl/N-ethyl adjacent to an activating group) is 1. The van der Waals surface area contributed by atoms with Crippen molar-refractivity contribution in [3.8, 4) is 0 Å². The number of nitrogens with zero attached hydrogens (tertiary/aromatic N) is 1. The van der Waals surface area contributed by atoms with Crippen LogP contribution in [0.4, 0.5) is 5.69 Å². The van der Waals surface area contributed by atoms with E-state index in [0.717, 1.165) is 17.6 Å². The van der Waals surface area contributed by atoms with E-state index >= 15 is 0 Å². The monoisotopic (exact) mass is 363 g/mol. The molecule has 114 valence electrons. The van der Waals surface area contributed by atoms with E-state index in [1.54, 1.807) is 12.1 Å². The third kappa shape index (κ3) is 4.73. The van der Waals surface area contributed by atoms with Crippen LogP contribution in [0, 0.1) is 0 Å². The summed E-state index contributed by atoms with van der Waals surface area (Å²) in [6, 6.07) is 4.58. The molecule has 0 aromatic heterocycles. The van der Waals surface area contributed by atoms with Crippen molar-refractivity contribution in [2.24, 2.45) is 0 Å². The molecule has 3 N–H and O–H groups in total. The lowest BCUT2D eigenvalue weighted by Crippen LogP contribution is -2.42. The Morgan fingerprint density at radius 2 is 1.95 bits per heavy atom. The Bertz CT molecular complexity index is 545. The molecule has 0 aliphatic carbocycles. The number of anilines is 1. The van der Waals surface area contributed by atoms with E-state index in [0.29, 0.717) is 6.54 Å². The van der Waals surface area contributed by atoms with Gasteiger partial charge in [-0.3, -0.25) is 0 Å². The number of nitrogens with one attached hydrogen (secondary N) is 1. The summed E-state index contributed by atoms with van der Waals surface area (Å²) in [7, 11) is -3.59. The van der Waals surface area contributed by atoms with Crippen LogP contribution >= 0.6 is 15.9 Å². The Labute approximate surface area is 129 Å². The summed E-state index contributed by atoms with van der Waals surface area (Å²) in [4.78, 5) is 2.28. The Balaban J connectivity index is 2.84. The highest BCUT2D eigenvalue weighted by atomic mass is 79.9. The topological polar surface area (TPSA) is 75.4 Å². The maximum atomic E-state index is 12.3. The first-order valence-corrected chi connectivity index (χ1v) is 8.87. The van der Waals surface area contributed by atoms with Crippen molar-refractivity contribution in [1.82, 2.24) is 9.62 Å². The van der Waals surface area contributed by atoms with E-state index < -0.39 is 10.0 Å². The number of nitrogen functional groups attached to an aromatic ring is 1. The van der Waals surface area contributed by atoms with Gasteiger partial charge in [-0.05, 0) is 38.2 Å². The largest absolute Gasteiger partial charge is 0.398 e. The van der Waals surface area contributed by atoms with Crippen LogP contribution in [0.15, 0.2) is 27.6 Å². The summed E-state index contributed by atoms with van der Waals surface area (Å²) in [5, 5.41) is 0. The highest BCUT2D eigenvalue weighted by molar-refractivity contribution is 9.10. The second kappa shape index (κ2) is 7.40. The van der Waals surface area contributed by atoms with E-state index in [-0.39, 0.29) is 16.6 Å². The predicted octanol–water partition coefficient (Wildman–Crippen LogP) is 2.04. The minimum absolute atomic E-state index is 0.118. The zero-order chi connectivity index (χ0) is 15.3. The molecule has 20 heavy (non-hydrogen) atoms. The first-order valence-electron chi connectivity index (χ1n) is 6.59. The Morgan fingerprint density at radius 1 is 1.35 bits per heavy atom. The van der Waals surface area contributed by atoms with Crippen molar-refractivity contribution in [1.29, 1.82) is 0 Å². The molecule has 5 nitrogen and oxygen atoms in total. The van der Waals surface area contributed by atoms with Gasteiger partial charge in [0.15, 0.2) is 0 Å². The van der Waals surface area contributed by atoms with Gasteiger partial charge in [0, 0.05) is 17.1 Å². The van der Waals surface area contributed by atoms with Gasteiger partial charge in [-0.2, -0.15) is 0 Å². The van der Waals surface area contributed by atoms with E-state index in [9.17, 15) is 8.42 Å². The van der Waals surface area contributed by atoms with Crippen LogP contribution in [0.1, 0.15) is 20.8 Å². The SMILES string of the molecule is CCN(CC)CC(C)NS(=O)(=O)c1ccc(Br)cc1N. The normalized spacial score (nSPS) is 13.7. The molecular weight excluding hydrogens is 342 g/mol. The predicted molar refractivity (Wildman–Crippen MR) is 86.1 cm³/mol. The molecule has 1 atom stereocenters. The van der Waals surface area contributed by atoms with Crippen LogP contribution in [0.3, 0.4) is 0 Å². The third-order valence-electron chi connectivity index (χ3n) is 3.04. The van der Waals surface area contributed by atoms with E-state index in [1.807, 2.05) is 6.92 Å². The number of sulfonamides is 1. The second-order valence-corrected chi connectivity index (χ2v) is 7.29. The Hall–Kier alpha value is -0.630. The molecule has 1 aromatic carbocycles. The molecule has 7 heteroatoms. The van der Waals surface area contributed by atoms with E-state index in [1.165, 1.54) is 6.07 Å². The lowest BCUT2D eigenvalue weighted by molar-refractivity contribution is 0.282. The summed E-state index contributed by atoms with van der Waals surface area (Å²) in [6.45, 7) is 8.41. The van der Waals surface area contributed by atoms with Crippen LogP contribution in [0.2, 0.25) is 0 Å². The van der Waals surface area contributed by atoms with Gasteiger partial charge in [0.1, 0.15) is 4.90 Å². The maximum Gasteiger partial charge on any atom is 0.242 e. The molecule has 1 aromatic rings. The lowest BCUT2D eigenvalue weighted by Gasteiger charge is -2.23. The number of nitrogens with two attached hydrogens (primary N) is 1. The summed E-state index contributed by atoms with van der Waals surface area (Å²) in [5.74, 6) is 0. The van der Waals surface area contributed by atoms with Crippen molar-refractivity contribution in [3.05, 3.63) is 22.7 Å². The fourth-order valence-corrected chi connectivity index (χ4v) is 3.73. The molecule has 0 radical (unpaired) electrons. The quantitative estimate of drug-likeness (QED) is 0.726. The number of hydrogen-bond donors (Lipinski definition) is 2. The summed E-state index contributed by atoms with van der Waals surface area (Å²) < 4.78 is 28.0. The van der Waals surface area contributed by atoms with Crippen molar-refractivity contribution < 1.29 is 8.42 Å². The second-order valence-electron chi connectivity index (χ2n) is 4.69. The van der Waals surface area contributed by atoms with Crippen LogP contribution < -0.4 is 10.5 Å². The average molecular weight is 364 g/mol. The smallest absolute Gasteiger partial charge is 0.242 e. The number of benzene rings is 1. The highest BCUT2D eigenvalue weighted by Crippen LogP contribution is 2.22. The third-order valence-corrected chi connectivity index (χ3v) is 5.20. The zero-order valence-electron chi connectivity index (χ0n) is 12.1. The molecular formula is C13H22BrN3O2S. The highest BCUT2D eigenvalue weighted by Gasteiger charge is 2.20. The molecule has 0 fully saturated rings. The Morgan fingerprint density at radius 3 is 2.45 bits per heavy atom. The molecule has 0 spiro atoms. The van der Waals surface area contributed by atoms with Crippen molar-refractivity contribution in [2.75, 3.05) is 25.4 Å². The standard InChI is InChI=1S/C13H22BrN3O2S/c1-4-17(5-2)9-10(3)16-20(18,19)13-7-6-11(14)8-12(13)15/h6-8,10,16H,4-5,9,15H2,1-3H3. The molecule has 0 amide bonds. The van der Waals surface area contributed by atoms with Gasteiger partial charge in [-0.25, -0.2) is 13.1 Å². The first kappa shape index (κ1) is 17.4. The van der Waals surface area contributed by atoms with Crippen molar-refractivity contribution in [3.63, 3.8) is 0 Å². The van der Waals surface area contributed by atoms with Gasteiger partial charge in [-0.15, -0.1) is 0 Å². The van der Waals surface area contributed by atoms with Gasteiger partial charge in [-0.1, -0.05) is 29.8 Å². The van der Waals surface area contributed by atoms with E-state index in [4.69, 9.17) is 5.73 Å². The molecule has 0 heterocycles. The number of halogens is 1. The van der Waals surface area contributed by atoms with Gasteiger partial charge in [0.05, 0.1) is 5.69 Å². The minimum atomic E-state index is -3.59. The summed E-state index contributed by atoms with van der Waals surface area (Å²) >= 11 is 3.26. The minimum Gasteiger partial charge on any atom is -0.398 e. The van der Waals surface area contributed by atoms with Gasteiger partial charge < -0.3 is 10.6 Å². The maximum absolute atomic E-state index is 12.3. The molecule has 0 aliphatic heterocycles. The van der Waals surface area contributed by atoms with Crippen LogP contribution in [-0.2, 0) is 10.0 Å². The van der Waals surface area contributed by atoms with Gasteiger partial charge in [0.25, 0.3) is 0 Å². The summed E-state index contributed by atoms with van der Waals surface area (Å²) in [5.41, 5.74) is 6.02. The van der Waals surface area contributed by atoms with Crippen molar-refractivity contribution >= 4 is 31.6 Å². The van der Waals surface area contributed by atoms with Crippen LogP contribution in [0.5, 0.6) is 0 Å². The zero-order valence-corrected chi connectivity index (χ0v) is 14.5. The number of hydrogen-bond acceptors (Lipinski definition) is 4. The van der Waals surface area contributed by atoms with Crippen LogP contribution in [0.25, 0.3) is 0 Å². The number of rotatable bonds is 7. The van der Waals surface area contributed by atoms with Gasteiger partial charge in [0.2, 0.25) is 10.0 Å². The molecule has 0 saturated carbocycles. The Kier molecular flexibility index (Phi) is 6.44. The lowest BCUT2D eigenvalue weighted by atomic mass is 10.3. The van der Waals surface area contributed by atoms with Crippen LogP contribution in [-0.4, -0.2) is 39.0 Å². The molecule has 0 aliphatic rings. The average Bonchev–Trinajstić information content (AvgIpc) is 2.34. The molecule has 1 rings (SSSR count). The first-order chi connectivity index (χ1) is 9.30. The molecule has 0 bridgehead atoms. The van der Waals surface area contributed by atoms with Gasteiger partial charge >= 0.3 is 0 Å².